The summed E-state index contributed by atoms with van der Waals surface area (Å²) in [5.74, 6) is 1.68. The number of benzene rings is 1. The molecule has 0 radical (unpaired) electrons. The zero-order valence-corrected chi connectivity index (χ0v) is 16.7. The quantitative estimate of drug-likeness (QED) is 0.805. The van der Waals surface area contributed by atoms with Crippen LogP contribution in [-0.4, -0.2) is 47.8 Å². The number of carbonyl (C=O) groups excluding carboxylic acids is 2. The summed E-state index contributed by atoms with van der Waals surface area (Å²) in [7, 11) is 0. The van der Waals surface area contributed by atoms with Gasteiger partial charge in [-0.25, -0.2) is 0 Å². The molecule has 2 amide bonds. The van der Waals surface area contributed by atoms with Crippen LogP contribution < -0.4 is 0 Å². The van der Waals surface area contributed by atoms with Crippen molar-refractivity contribution in [1.82, 2.24) is 9.80 Å². The number of piperidine rings is 2. The molecule has 1 aromatic carbocycles. The van der Waals surface area contributed by atoms with E-state index < -0.39 is 0 Å². The predicted octanol–water partition coefficient (Wildman–Crippen LogP) is 4.12. The highest BCUT2D eigenvalue weighted by atomic mass is 16.3. The Hall–Kier alpha value is -2.56. The lowest BCUT2D eigenvalue weighted by Crippen LogP contribution is -2.55. The van der Waals surface area contributed by atoms with Crippen LogP contribution >= 0.6 is 0 Å². The maximum Gasteiger partial charge on any atom is 0.257 e. The largest absolute Gasteiger partial charge is 0.461 e. The molecule has 2 aliphatic rings. The molecule has 0 aliphatic carbocycles. The molecule has 148 valence electrons. The molecule has 2 aliphatic heterocycles. The van der Waals surface area contributed by atoms with E-state index in [2.05, 4.69) is 0 Å². The molecule has 0 saturated carbocycles. The Bertz CT molecular complexity index is 873. The minimum absolute atomic E-state index is 0.0313. The van der Waals surface area contributed by atoms with Crippen molar-refractivity contribution >= 4 is 11.8 Å². The van der Waals surface area contributed by atoms with Gasteiger partial charge in [-0.1, -0.05) is 30.3 Å². The summed E-state index contributed by atoms with van der Waals surface area (Å²) >= 11 is 0. The Labute approximate surface area is 166 Å². The molecule has 0 N–H and O–H groups in total. The molecule has 2 saturated heterocycles. The second kappa shape index (κ2) is 7.46. The second-order valence-electron chi connectivity index (χ2n) is 8.20. The summed E-state index contributed by atoms with van der Waals surface area (Å²) in [6.07, 6.45) is 3.53. The van der Waals surface area contributed by atoms with Crippen LogP contribution in [0, 0.1) is 12.3 Å². The Kier molecular flexibility index (Phi) is 5.00. The third-order valence-electron chi connectivity index (χ3n) is 6.20. The SMILES string of the molecule is CCN1C[C@@]2(CCCN(C(=O)c3cc(C)oc3-c3ccccc3)C2)CCC1=O. The van der Waals surface area contributed by atoms with Crippen molar-refractivity contribution in [1.29, 1.82) is 0 Å². The van der Waals surface area contributed by atoms with E-state index in [0.717, 1.165) is 50.2 Å². The highest BCUT2D eigenvalue weighted by molar-refractivity contribution is 6.00. The predicted molar refractivity (Wildman–Crippen MR) is 108 cm³/mol. The molecular weight excluding hydrogens is 352 g/mol. The molecule has 1 aromatic heterocycles. The first kappa shape index (κ1) is 18.8. The Balaban J connectivity index is 1.59. The number of likely N-dealkylation sites (tertiary alicyclic amines) is 2. The molecule has 28 heavy (non-hydrogen) atoms. The van der Waals surface area contributed by atoms with Crippen LogP contribution in [0.5, 0.6) is 0 Å². The van der Waals surface area contributed by atoms with E-state index in [0.29, 0.717) is 24.3 Å². The first-order chi connectivity index (χ1) is 13.5. The standard InChI is InChI=1S/C23H28N2O3/c1-3-24-15-23(12-10-20(24)26)11-7-13-25(16-23)22(27)19-14-17(2)28-21(19)18-8-5-4-6-9-18/h4-6,8-9,14H,3,7,10-13,15-16H2,1-2H3/t23-/m1/s1. The minimum atomic E-state index is 0.0313. The fourth-order valence-corrected chi connectivity index (χ4v) is 4.75. The highest BCUT2D eigenvalue weighted by Crippen LogP contribution is 2.40. The average molecular weight is 380 g/mol. The number of aryl methyl sites for hydroxylation is 1. The van der Waals surface area contributed by atoms with Crippen molar-refractivity contribution in [3.63, 3.8) is 0 Å². The molecule has 1 spiro atoms. The summed E-state index contributed by atoms with van der Waals surface area (Å²) < 4.78 is 5.90. The van der Waals surface area contributed by atoms with Crippen LogP contribution in [-0.2, 0) is 4.79 Å². The van der Waals surface area contributed by atoms with Crippen molar-refractivity contribution in [2.45, 2.75) is 39.5 Å². The highest BCUT2D eigenvalue weighted by Gasteiger charge is 2.42. The van der Waals surface area contributed by atoms with Gasteiger partial charge in [0.2, 0.25) is 5.91 Å². The van der Waals surface area contributed by atoms with Gasteiger partial charge < -0.3 is 14.2 Å². The van der Waals surface area contributed by atoms with Gasteiger partial charge in [-0.2, -0.15) is 0 Å². The van der Waals surface area contributed by atoms with Crippen LogP contribution in [0.1, 0.15) is 48.7 Å². The molecular formula is C23H28N2O3. The van der Waals surface area contributed by atoms with Gasteiger partial charge in [0.15, 0.2) is 0 Å². The van der Waals surface area contributed by atoms with Gasteiger partial charge in [0.05, 0.1) is 5.56 Å². The van der Waals surface area contributed by atoms with Gasteiger partial charge in [0.25, 0.3) is 5.91 Å². The van der Waals surface area contributed by atoms with Gasteiger partial charge in [0, 0.05) is 43.6 Å². The monoisotopic (exact) mass is 380 g/mol. The molecule has 0 bridgehead atoms. The smallest absolute Gasteiger partial charge is 0.257 e. The zero-order valence-electron chi connectivity index (χ0n) is 16.7. The van der Waals surface area contributed by atoms with Gasteiger partial charge >= 0.3 is 0 Å². The molecule has 0 unspecified atom stereocenters. The van der Waals surface area contributed by atoms with Crippen molar-refractivity contribution in [3.05, 3.63) is 47.7 Å². The summed E-state index contributed by atoms with van der Waals surface area (Å²) in [6, 6.07) is 11.7. The number of furan rings is 1. The van der Waals surface area contributed by atoms with Crippen molar-refractivity contribution in [3.8, 4) is 11.3 Å². The van der Waals surface area contributed by atoms with E-state index >= 15 is 0 Å². The van der Waals surface area contributed by atoms with Crippen LogP contribution in [0.15, 0.2) is 40.8 Å². The van der Waals surface area contributed by atoms with E-state index in [1.807, 2.05) is 60.0 Å². The van der Waals surface area contributed by atoms with Crippen molar-refractivity contribution < 1.29 is 14.0 Å². The van der Waals surface area contributed by atoms with Gasteiger partial charge in [0.1, 0.15) is 11.5 Å². The summed E-state index contributed by atoms with van der Waals surface area (Å²) in [6.45, 7) is 6.90. The first-order valence-corrected chi connectivity index (χ1v) is 10.2. The van der Waals surface area contributed by atoms with E-state index in [4.69, 9.17) is 4.42 Å². The molecule has 5 heteroatoms. The normalized spacial score (nSPS) is 22.7. The lowest BCUT2D eigenvalue weighted by Gasteiger charge is -2.48. The molecule has 3 heterocycles. The lowest BCUT2D eigenvalue weighted by molar-refractivity contribution is -0.138. The molecule has 4 rings (SSSR count). The number of hydrogen-bond donors (Lipinski definition) is 0. The fourth-order valence-electron chi connectivity index (χ4n) is 4.75. The maximum absolute atomic E-state index is 13.4. The van der Waals surface area contributed by atoms with Crippen molar-refractivity contribution in [2.24, 2.45) is 5.41 Å². The number of hydrogen-bond acceptors (Lipinski definition) is 3. The Morgan fingerprint density at radius 2 is 1.96 bits per heavy atom. The van der Waals surface area contributed by atoms with Crippen LogP contribution in [0.25, 0.3) is 11.3 Å². The van der Waals surface area contributed by atoms with Gasteiger partial charge in [-0.15, -0.1) is 0 Å². The number of rotatable bonds is 3. The lowest BCUT2D eigenvalue weighted by atomic mass is 9.73. The molecule has 2 fully saturated rings. The maximum atomic E-state index is 13.4. The van der Waals surface area contributed by atoms with E-state index in [1.165, 1.54) is 0 Å². The number of carbonyl (C=O) groups is 2. The van der Waals surface area contributed by atoms with Crippen LogP contribution in [0.4, 0.5) is 0 Å². The first-order valence-electron chi connectivity index (χ1n) is 10.2. The topological polar surface area (TPSA) is 53.8 Å². The van der Waals surface area contributed by atoms with Gasteiger partial charge in [-0.05, 0) is 39.2 Å². The van der Waals surface area contributed by atoms with E-state index in [9.17, 15) is 9.59 Å². The van der Waals surface area contributed by atoms with E-state index in [1.54, 1.807) is 0 Å². The number of amides is 2. The summed E-state index contributed by atoms with van der Waals surface area (Å²) in [5.41, 5.74) is 1.59. The van der Waals surface area contributed by atoms with Crippen LogP contribution in [0.2, 0.25) is 0 Å². The average Bonchev–Trinajstić information content (AvgIpc) is 3.12. The third-order valence-corrected chi connectivity index (χ3v) is 6.20. The minimum Gasteiger partial charge on any atom is -0.461 e. The molecule has 5 nitrogen and oxygen atoms in total. The van der Waals surface area contributed by atoms with Gasteiger partial charge in [-0.3, -0.25) is 9.59 Å². The van der Waals surface area contributed by atoms with E-state index in [-0.39, 0.29) is 17.2 Å². The number of nitrogens with zero attached hydrogens (tertiary/aromatic N) is 2. The summed E-state index contributed by atoms with van der Waals surface area (Å²) in [5, 5.41) is 0. The van der Waals surface area contributed by atoms with Crippen molar-refractivity contribution in [2.75, 3.05) is 26.2 Å². The Morgan fingerprint density at radius 3 is 2.71 bits per heavy atom. The molecule has 1 atom stereocenters. The third kappa shape index (κ3) is 3.46. The second-order valence-corrected chi connectivity index (χ2v) is 8.20. The van der Waals surface area contributed by atoms with Crippen LogP contribution in [0.3, 0.4) is 0 Å². The zero-order chi connectivity index (χ0) is 19.7. The fraction of sp³-hybridized carbons (Fsp3) is 0.478. The molecule has 2 aromatic rings. The summed E-state index contributed by atoms with van der Waals surface area (Å²) in [4.78, 5) is 29.5. The Morgan fingerprint density at radius 1 is 1.18 bits per heavy atom.